The number of aromatic nitrogens is 4. The summed E-state index contributed by atoms with van der Waals surface area (Å²) < 4.78 is 37.7. The molecule has 1 atom stereocenters. The van der Waals surface area contributed by atoms with E-state index in [2.05, 4.69) is 20.4 Å². The molecule has 2 N–H and O–H groups in total. The molecular weight excluding hydrogens is 299 g/mol. The third-order valence-electron chi connectivity index (χ3n) is 3.76. The van der Waals surface area contributed by atoms with Crippen molar-refractivity contribution >= 4 is 5.82 Å². The summed E-state index contributed by atoms with van der Waals surface area (Å²) in [6, 6.07) is 2.31. The SMILES string of the molecule is OC1(c2cn[nH]n2)CCCN(c2ccc(C(F)(F)F)cn2)C1. The first kappa shape index (κ1) is 14.8. The highest BCUT2D eigenvalue weighted by molar-refractivity contribution is 5.41. The summed E-state index contributed by atoms with van der Waals surface area (Å²) in [5.41, 5.74) is -1.56. The van der Waals surface area contributed by atoms with Crippen LogP contribution >= 0.6 is 0 Å². The Hall–Kier alpha value is -2.16. The maximum atomic E-state index is 12.6. The third-order valence-corrected chi connectivity index (χ3v) is 3.76. The van der Waals surface area contributed by atoms with E-state index >= 15 is 0 Å². The number of nitrogens with zero attached hydrogens (tertiary/aromatic N) is 4. The number of β-amino-alcohol motifs (C(OH)–C–C–N with tert-alkyl or cyclic N) is 1. The number of H-pyrrole nitrogens is 1. The van der Waals surface area contributed by atoms with Crippen LogP contribution in [0.2, 0.25) is 0 Å². The molecule has 6 nitrogen and oxygen atoms in total. The maximum absolute atomic E-state index is 12.6. The van der Waals surface area contributed by atoms with E-state index in [0.717, 1.165) is 12.3 Å². The van der Waals surface area contributed by atoms with E-state index in [0.29, 0.717) is 30.9 Å². The summed E-state index contributed by atoms with van der Waals surface area (Å²) in [6.07, 6.45) is -0.972. The highest BCUT2D eigenvalue weighted by Gasteiger charge is 2.38. The van der Waals surface area contributed by atoms with Crippen LogP contribution in [0.5, 0.6) is 0 Å². The van der Waals surface area contributed by atoms with Crippen LogP contribution < -0.4 is 4.90 Å². The van der Waals surface area contributed by atoms with Crippen LogP contribution in [-0.2, 0) is 11.8 Å². The summed E-state index contributed by atoms with van der Waals surface area (Å²) >= 11 is 0. The Bertz CT molecular complexity index is 628. The average Bonchev–Trinajstić information content (AvgIpc) is 3.02. The van der Waals surface area contributed by atoms with Gasteiger partial charge >= 0.3 is 6.18 Å². The fourth-order valence-corrected chi connectivity index (χ4v) is 2.61. The number of hydrogen-bond donors (Lipinski definition) is 2. The Morgan fingerprint density at radius 1 is 1.27 bits per heavy atom. The molecule has 0 bridgehead atoms. The highest BCUT2D eigenvalue weighted by atomic mass is 19.4. The zero-order valence-corrected chi connectivity index (χ0v) is 11.5. The number of nitrogens with one attached hydrogen (secondary N) is 1. The lowest BCUT2D eigenvalue weighted by Gasteiger charge is -2.38. The predicted octanol–water partition coefficient (Wildman–Crippen LogP) is 1.71. The number of anilines is 1. The number of aromatic amines is 1. The zero-order chi connectivity index (χ0) is 15.8. The van der Waals surface area contributed by atoms with Gasteiger partial charge in [-0.2, -0.15) is 28.6 Å². The van der Waals surface area contributed by atoms with Gasteiger partial charge in [-0.3, -0.25) is 0 Å². The first-order chi connectivity index (χ1) is 10.4. The molecule has 3 heterocycles. The largest absolute Gasteiger partial charge is 0.417 e. The molecule has 22 heavy (non-hydrogen) atoms. The first-order valence-corrected chi connectivity index (χ1v) is 6.75. The standard InChI is InChI=1S/C13H14F3N5O/c14-13(15,16)9-2-3-11(17-6-9)21-5-1-4-12(22,8-21)10-7-18-20-19-10/h2-3,6-7,22H,1,4-5,8H2,(H,18,19,20). The van der Waals surface area contributed by atoms with Gasteiger partial charge in [0, 0.05) is 12.7 Å². The third kappa shape index (κ3) is 2.76. The van der Waals surface area contributed by atoms with E-state index in [1.54, 1.807) is 4.90 Å². The van der Waals surface area contributed by atoms with Gasteiger partial charge in [0.05, 0.1) is 18.3 Å². The molecule has 3 rings (SSSR count). The van der Waals surface area contributed by atoms with Crippen molar-refractivity contribution in [1.82, 2.24) is 20.4 Å². The molecule has 1 aliphatic heterocycles. The van der Waals surface area contributed by atoms with Crippen LogP contribution in [0.1, 0.15) is 24.1 Å². The number of hydrogen-bond acceptors (Lipinski definition) is 5. The molecular formula is C13H14F3N5O. The molecule has 9 heteroatoms. The molecule has 1 saturated heterocycles. The smallest absolute Gasteiger partial charge is 0.382 e. The molecule has 0 amide bonds. The summed E-state index contributed by atoms with van der Waals surface area (Å²) in [5, 5.41) is 20.7. The van der Waals surface area contributed by atoms with Gasteiger partial charge in [0.1, 0.15) is 17.1 Å². The van der Waals surface area contributed by atoms with Gasteiger partial charge in [0.25, 0.3) is 0 Å². The summed E-state index contributed by atoms with van der Waals surface area (Å²) in [6.45, 7) is 0.816. The normalized spacial score (nSPS) is 22.8. The monoisotopic (exact) mass is 313 g/mol. The number of piperidine rings is 1. The van der Waals surface area contributed by atoms with E-state index in [-0.39, 0.29) is 6.54 Å². The number of rotatable bonds is 2. The Labute approximate surface area is 124 Å². The number of alkyl halides is 3. The molecule has 2 aromatic heterocycles. The second kappa shape index (κ2) is 5.24. The van der Waals surface area contributed by atoms with Gasteiger partial charge in [-0.05, 0) is 25.0 Å². The Morgan fingerprint density at radius 3 is 2.68 bits per heavy atom. The van der Waals surface area contributed by atoms with Crippen LogP contribution in [-0.4, -0.2) is 38.6 Å². The van der Waals surface area contributed by atoms with Crippen LogP contribution in [0.4, 0.5) is 19.0 Å². The molecule has 1 aliphatic rings. The molecule has 118 valence electrons. The van der Waals surface area contributed by atoms with Crippen LogP contribution in [0.3, 0.4) is 0 Å². The van der Waals surface area contributed by atoms with Gasteiger partial charge in [-0.15, -0.1) is 0 Å². The fourth-order valence-electron chi connectivity index (χ4n) is 2.61. The molecule has 0 radical (unpaired) electrons. The molecule has 2 aromatic rings. The van der Waals surface area contributed by atoms with E-state index in [1.165, 1.54) is 12.3 Å². The number of halogens is 3. The maximum Gasteiger partial charge on any atom is 0.417 e. The van der Waals surface area contributed by atoms with Crippen molar-refractivity contribution in [3.8, 4) is 0 Å². The van der Waals surface area contributed by atoms with Gasteiger partial charge in [0.2, 0.25) is 0 Å². The van der Waals surface area contributed by atoms with Gasteiger partial charge in [-0.1, -0.05) is 0 Å². The van der Waals surface area contributed by atoms with Crippen molar-refractivity contribution in [2.24, 2.45) is 0 Å². The van der Waals surface area contributed by atoms with E-state index in [9.17, 15) is 18.3 Å². The molecule has 0 saturated carbocycles. The lowest BCUT2D eigenvalue weighted by atomic mass is 9.90. The van der Waals surface area contributed by atoms with Crippen LogP contribution in [0.15, 0.2) is 24.5 Å². The highest BCUT2D eigenvalue weighted by Crippen LogP contribution is 2.33. The van der Waals surface area contributed by atoms with Crippen molar-refractivity contribution in [1.29, 1.82) is 0 Å². The van der Waals surface area contributed by atoms with Crippen molar-refractivity contribution < 1.29 is 18.3 Å². The second-order valence-electron chi connectivity index (χ2n) is 5.31. The van der Waals surface area contributed by atoms with Crippen molar-refractivity contribution in [3.63, 3.8) is 0 Å². The number of pyridine rings is 1. The average molecular weight is 313 g/mol. The second-order valence-corrected chi connectivity index (χ2v) is 5.31. The minimum atomic E-state index is -4.41. The topological polar surface area (TPSA) is 77.9 Å². The van der Waals surface area contributed by atoms with Crippen LogP contribution in [0.25, 0.3) is 0 Å². The Morgan fingerprint density at radius 2 is 2.09 bits per heavy atom. The molecule has 0 aromatic carbocycles. The predicted molar refractivity (Wildman–Crippen MR) is 71.0 cm³/mol. The van der Waals surface area contributed by atoms with Gasteiger partial charge in [-0.25, -0.2) is 4.98 Å². The summed E-state index contributed by atoms with van der Waals surface area (Å²) in [7, 11) is 0. The lowest BCUT2D eigenvalue weighted by Crippen LogP contribution is -2.46. The van der Waals surface area contributed by atoms with Crippen molar-refractivity contribution in [3.05, 3.63) is 35.8 Å². The zero-order valence-electron chi connectivity index (χ0n) is 11.5. The van der Waals surface area contributed by atoms with E-state index < -0.39 is 17.3 Å². The van der Waals surface area contributed by atoms with Crippen LogP contribution in [0, 0.1) is 0 Å². The van der Waals surface area contributed by atoms with Crippen molar-refractivity contribution in [2.45, 2.75) is 24.6 Å². The first-order valence-electron chi connectivity index (χ1n) is 6.75. The fraction of sp³-hybridized carbons (Fsp3) is 0.462. The van der Waals surface area contributed by atoms with Gasteiger partial charge in [0.15, 0.2) is 0 Å². The van der Waals surface area contributed by atoms with E-state index in [4.69, 9.17) is 0 Å². The molecule has 0 spiro atoms. The molecule has 1 fully saturated rings. The summed E-state index contributed by atoms with van der Waals surface area (Å²) in [5.74, 6) is 0.398. The summed E-state index contributed by atoms with van der Waals surface area (Å²) in [4.78, 5) is 5.62. The minimum absolute atomic E-state index is 0.206. The van der Waals surface area contributed by atoms with Crippen molar-refractivity contribution in [2.75, 3.05) is 18.0 Å². The Kier molecular flexibility index (Phi) is 3.51. The number of aliphatic hydroxyl groups is 1. The minimum Gasteiger partial charge on any atom is -0.382 e. The molecule has 1 unspecified atom stereocenters. The van der Waals surface area contributed by atoms with E-state index in [1.807, 2.05) is 0 Å². The Balaban J connectivity index is 1.80. The van der Waals surface area contributed by atoms with Gasteiger partial charge < -0.3 is 10.0 Å². The molecule has 0 aliphatic carbocycles. The quantitative estimate of drug-likeness (QED) is 0.882. The lowest BCUT2D eigenvalue weighted by molar-refractivity contribution is -0.137.